The van der Waals surface area contributed by atoms with Crippen molar-refractivity contribution >= 4 is 41.3 Å². The molecule has 3 aromatic rings. The third-order valence-electron chi connectivity index (χ3n) is 4.77. The summed E-state index contributed by atoms with van der Waals surface area (Å²) in [7, 11) is 0. The van der Waals surface area contributed by atoms with E-state index >= 15 is 0 Å². The van der Waals surface area contributed by atoms with E-state index in [1.165, 1.54) is 30.5 Å². The number of hydrazone groups is 1. The summed E-state index contributed by atoms with van der Waals surface area (Å²) in [5.74, 6) is -2.28. The Morgan fingerprint density at radius 3 is 2.45 bits per heavy atom. The molecule has 2 N–H and O–H groups in total. The van der Waals surface area contributed by atoms with Crippen molar-refractivity contribution in [2.75, 3.05) is 11.9 Å². The van der Waals surface area contributed by atoms with Crippen LogP contribution in [-0.2, 0) is 14.3 Å². The SMILES string of the molecule is CCOC(=O)c1ccc(NC(=O)C(=O)N/N=C\c2cc(C)n(-c3cccc(Cl)c3)c2C)cc1. The zero-order chi connectivity index (χ0) is 24.0. The summed E-state index contributed by atoms with van der Waals surface area (Å²) in [5.41, 5.74) is 6.48. The second-order valence-corrected chi connectivity index (χ2v) is 7.53. The molecule has 0 unspecified atom stereocenters. The summed E-state index contributed by atoms with van der Waals surface area (Å²) in [6.45, 7) is 5.85. The maximum absolute atomic E-state index is 12.1. The number of aryl methyl sites for hydroxylation is 1. The largest absolute Gasteiger partial charge is 0.462 e. The van der Waals surface area contributed by atoms with Gasteiger partial charge in [-0.1, -0.05) is 17.7 Å². The molecule has 1 aromatic heterocycles. The minimum atomic E-state index is -0.927. The van der Waals surface area contributed by atoms with E-state index in [0.717, 1.165) is 22.6 Å². The summed E-state index contributed by atoms with van der Waals surface area (Å²) in [5, 5.41) is 6.98. The number of anilines is 1. The van der Waals surface area contributed by atoms with Gasteiger partial charge in [0.2, 0.25) is 0 Å². The zero-order valence-corrected chi connectivity index (χ0v) is 19.1. The standard InChI is InChI=1S/C24H23ClN4O4/c1-4-33-24(32)17-8-10-20(11-9-17)27-22(30)23(31)28-26-14-18-12-15(2)29(16(18)3)21-7-5-6-19(25)13-21/h5-14H,4H2,1-3H3,(H,27,30)(H,28,31)/b26-14-. The molecule has 0 spiro atoms. The molecule has 0 aliphatic rings. The Kier molecular flexibility index (Phi) is 7.63. The van der Waals surface area contributed by atoms with Crippen LogP contribution in [0.4, 0.5) is 5.69 Å². The number of carbonyl (C=O) groups excluding carboxylic acids is 3. The second-order valence-electron chi connectivity index (χ2n) is 7.09. The van der Waals surface area contributed by atoms with Crippen molar-refractivity contribution in [3.8, 4) is 5.69 Å². The average molecular weight is 467 g/mol. The van der Waals surface area contributed by atoms with E-state index in [4.69, 9.17) is 16.3 Å². The third kappa shape index (κ3) is 5.87. The Bertz CT molecular complexity index is 1220. The lowest BCUT2D eigenvalue weighted by molar-refractivity contribution is -0.136. The van der Waals surface area contributed by atoms with Crippen molar-refractivity contribution in [2.45, 2.75) is 20.8 Å². The van der Waals surface area contributed by atoms with E-state index in [1.54, 1.807) is 13.0 Å². The van der Waals surface area contributed by atoms with E-state index in [-0.39, 0.29) is 6.61 Å². The lowest BCUT2D eigenvalue weighted by Gasteiger charge is -2.09. The van der Waals surface area contributed by atoms with Gasteiger partial charge in [0.05, 0.1) is 18.4 Å². The van der Waals surface area contributed by atoms with Gasteiger partial charge in [-0.05, 0) is 69.3 Å². The third-order valence-corrected chi connectivity index (χ3v) is 5.00. The number of amides is 2. The molecule has 33 heavy (non-hydrogen) atoms. The van der Waals surface area contributed by atoms with Crippen molar-refractivity contribution in [1.82, 2.24) is 9.99 Å². The van der Waals surface area contributed by atoms with Crippen LogP contribution in [0, 0.1) is 13.8 Å². The fourth-order valence-electron chi connectivity index (χ4n) is 3.23. The van der Waals surface area contributed by atoms with Crippen LogP contribution in [0.15, 0.2) is 59.7 Å². The first kappa shape index (κ1) is 23.7. The van der Waals surface area contributed by atoms with E-state index in [2.05, 4.69) is 15.8 Å². The van der Waals surface area contributed by atoms with Crippen LogP contribution < -0.4 is 10.7 Å². The van der Waals surface area contributed by atoms with Crippen molar-refractivity contribution in [1.29, 1.82) is 0 Å². The van der Waals surface area contributed by atoms with Gasteiger partial charge in [-0.3, -0.25) is 9.59 Å². The predicted molar refractivity (Wildman–Crippen MR) is 127 cm³/mol. The van der Waals surface area contributed by atoms with Crippen molar-refractivity contribution < 1.29 is 19.1 Å². The molecule has 0 saturated carbocycles. The molecule has 0 aliphatic heterocycles. The van der Waals surface area contributed by atoms with Crippen LogP contribution in [0.25, 0.3) is 5.69 Å². The Balaban J connectivity index is 1.61. The summed E-state index contributed by atoms with van der Waals surface area (Å²) < 4.78 is 6.92. The smallest absolute Gasteiger partial charge is 0.338 e. The molecular weight excluding hydrogens is 444 g/mol. The predicted octanol–water partition coefficient (Wildman–Crippen LogP) is 4.01. The molecule has 0 atom stereocenters. The van der Waals surface area contributed by atoms with Gasteiger partial charge in [0.25, 0.3) is 0 Å². The number of ether oxygens (including phenoxy) is 1. The maximum Gasteiger partial charge on any atom is 0.338 e. The topological polar surface area (TPSA) is 102 Å². The summed E-state index contributed by atoms with van der Waals surface area (Å²) >= 11 is 6.10. The number of benzene rings is 2. The number of esters is 1. The van der Waals surface area contributed by atoms with Gasteiger partial charge >= 0.3 is 17.8 Å². The molecule has 0 bridgehead atoms. The molecule has 0 aliphatic carbocycles. The molecule has 2 aromatic carbocycles. The fraction of sp³-hybridized carbons (Fsp3) is 0.167. The molecule has 170 valence electrons. The molecule has 0 fully saturated rings. The highest BCUT2D eigenvalue weighted by molar-refractivity contribution is 6.39. The van der Waals surface area contributed by atoms with Crippen LogP contribution in [0.3, 0.4) is 0 Å². The van der Waals surface area contributed by atoms with Gasteiger partial charge in [0, 0.05) is 33.3 Å². The number of nitrogens with zero attached hydrogens (tertiary/aromatic N) is 2. The lowest BCUT2D eigenvalue weighted by atomic mass is 10.2. The molecule has 1 heterocycles. The van der Waals surface area contributed by atoms with Gasteiger partial charge in [0.1, 0.15) is 0 Å². The van der Waals surface area contributed by atoms with Gasteiger partial charge in [0.15, 0.2) is 0 Å². The van der Waals surface area contributed by atoms with Crippen LogP contribution in [0.1, 0.15) is 34.2 Å². The molecule has 3 rings (SSSR count). The molecule has 0 radical (unpaired) electrons. The molecule has 8 nitrogen and oxygen atoms in total. The monoisotopic (exact) mass is 466 g/mol. The number of hydrogen-bond donors (Lipinski definition) is 2. The van der Waals surface area contributed by atoms with E-state index in [0.29, 0.717) is 16.3 Å². The second kappa shape index (κ2) is 10.6. The number of nitrogens with one attached hydrogen (secondary N) is 2. The highest BCUT2D eigenvalue weighted by Crippen LogP contribution is 2.22. The molecule has 9 heteroatoms. The quantitative estimate of drug-likeness (QED) is 0.248. The molecule has 0 saturated heterocycles. The number of carbonyl (C=O) groups is 3. The van der Waals surface area contributed by atoms with Gasteiger partial charge in [-0.25, -0.2) is 10.2 Å². The van der Waals surface area contributed by atoms with E-state index in [1.807, 2.05) is 42.7 Å². The van der Waals surface area contributed by atoms with Crippen LogP contribution in [0.2, 0.25) is 5.02 Å². The highest BCUT2D eigenvalue weighted by Gasteiger charge is 2.14. The van der Waals surface area contributed by atoms with Crippen molar-refractivity contribution in [2.24, 2.45) is 5.10 Å². The van der Waals surface area contributed by atoms with Crippen molar-refractivity contribution in [3.63, 3.8) is 0 Å². The highest BCUT2D eigenvalue weighted by atomic mass is 35.5. The summed E-state index contributed by atoms with van der Waals surface area (Å²) in [4.78, 5) is 35.9. The van der Waals surface area contributed by atoms with Crippen LogP contribution in [-0.4, -0.2) is 35.2 Å². The van der Waals surface area contributed by atoms with Crippen LogP contribution >= 0.6 is 11.6 Å². The Morgan fingerprint density at radius 1 is 1.06 bits per heavy atom. The first-order valence-corrected chi connectivity index (χ1v) is 10.5. The first-order chi connectivity index (χ1) is 15.8. The number of aromatic nitrogens is 1. The first-order valence-electron chi connectivity index (χ1n) is 10.2. The summed E-state index contributed by atoms with van der Waals surface area (Å²) in [6, 6.07) is 15.4. The lowest BCUT2D eigenvalue weighted by Crippen LogP contribution is -2.32. The Morgan fingerprint density at radius 2 is 1.79 bits per heavy atom. The zero-order valence-electron chi connectivity index (χ0n) is 18.4. The van der Waals surface area contributed by atoms with Crippen molar-refractivity contribution in [3.05, 3.63) is 82.1 Å². The Hall–Kier alpha value is -3.91. The normalized spacial score (nSPS) is 10.8. The number of hydrogen-bond acceptors (Lipinski definition) is 5. The van der Waals surface area contributed by atoms with Crippen LogP contribution in [0.5, 0.6) is 0 Å². The molecular formula is C24H23ClN4O4. The minimum absolute atomic E-state index is 0.266. The number of rotatable bonds is 6. The van der Waals surface area contributed by atoms with Gasteiger partial charge < -0.3 is 14.6 Å². The maximum atomic E-state index is 12.1. The fourth-order valence-corrected chi connectivity index (χ4v) is 3.42. The van der Waals surface area contributed by atoms with E-state index < -0.39 is 17.8 Å². The summed E-state index contributed by atoms with van der Waals surface area (Å²) in [6.07, 6.45) is 1.47. The van der Waals surface area contributed by atoms with Gasteiger partial charge in [-0.2, -0.15) is 5.10 Å². The van der Waals surface area contributed by atoms with E-state index in [9.17, 15) is 14.4 Å². The Labute approximate surface area is 196 Å². The average Bonchev–Trinajstić information content (AvgIpc) is 3.07. The molecule has 2 amide bonds. The van der Waals surface area contributed by atoms with Gasteiger partial charge in [-0.15, -0.1) is 0 Å². The minimum Gasteiger partial charge on any atom is -0.462 e. The number of halogens is 1.